The molecule has 0 aliphatic rings. The Morgan fingerprint density at radius 3 is 2.29 bits per heavy atom. The molecule has 5 aromatic rings. The van der Waals surface area contributed by atoms with E-state index in [2.05, 4.69) is 51.8 Å². The van der Waals surface area contributed by atoms with Crippen LogP contribution in [-0.4, -0.2) is 39.3 Å². The van der Waals surface area contributed by atoms with Crippen molar-refractivity contribution in [3.05, 3.63) is 80.8 Å². The quantitative estimate of drug-likeness (QED) is 0.216. The highest BCUT2D eigenvalue weighted by Crippen LogP contribution is 2.30. The number of tetrazole rings is 1. The third-order valence-corrected chi connectivity index (χ3v) is 7.31. The maximum atomic E-state index is 13.9. The lowest BCUT2D eigenvalue weighted by atomic mass is 9.98. The first-order valence-electron chi connectivity index (χ1n) is 14.6. The van der Waals surface area contributed by atoms with Gasteiger partial charge in [-0.2, -0.15) is 5.21 Å². The Labute approximate surface area is 239 Å². The normalized spacial score (nSPS) is 11.6. The van der Waals surface area contributed by atoms with Crippen LogP contribution in [0.2, 0.25) is 0 Å². The van der Waals surface area contributed by atoms with Crippen molar-refractivity contribution in [3.63, 3.8) is 0 Å². The zero-order valence-electron chi connectivity index (χ0n) is 24.3. The van der Waals surface area contributed by atoms with Crippen molar-refractivity contribution in [2.75, 3.05) is 0 Å². The van der Waals surface area contributed by atoms with Crippen molar-refractivity contribution in [2.45, 2.75) is 79.4 Å². The van der Waals surface area contributed by atoms with Crippen LogP contribution in [0.15, 0.2) is 58.1 Å². The molecule has 0 saturated carbocycles. The van der Waals surface area contributed by atoms with Gasteiger partial charge in [-0.25, -0.2) is 9.78 Å². The Kier molecular flexibility index (Phi) is 8.56. The van der Waals surface area contributed by atoms with Gasteiger partial charge in [0.05, 0.1) is 0 Å². The van der Waals surface area contributed by atoms with E-state index in [9.17, 15) is 9.59 Å². The molecule has 0 aliphatic carbocycles. The first-order chi connectivity index (χ1) is 19.9. The maximum absolute atomic E-state index is 13.9. The van der Waals surface area contributed by atoms with Gasteiger partial charge in [0.1, 0.15) is 5.82 Å². The van der Waals surface area contributed by atoms with Gasteiger partial charge in [-0.3, -0.25) is 13.9 Å². The van der Waals surface area contributed by atoms with Gasteiger partial charge >= 0.3 is 5.69 Å². The van der Waals surface area contributed by atoms with Crippen molar-refractivity contribution in [3.8, 4) is 22.5 Å². The van der Waals surface area contributed by atoms with E-state index in [1.54, 1.807) is 4.57 Å². The second-order valence-electron chi connectivity index (χ2n) is 11.0. The molecular weight excluding hydrogens is 516 g/mol. The molecule has 2 aromatic carbocycles. The molecule has 0 radical (unpaired) electrons. The van der Waals surface area contributed by atoms with Gasteiger partial charge in [-0.1, -0.05) is 89.1 Å². The minimum absolute atomic E-state index is 0.163. The second-order valence-corrected chi connectivity index (χ2v) is 11.0. The summed E-state index contributed by atoms with van der Waals surface area (Å²) in [6.45, 7) is 9.64. The number of aryl methyl sites for hydroxylation is 2. The summed E-state index contributed by atoms with van der Waals surface area (Å²) in [6, 6.07) is 16.3. The highest BCUT2D eigenvalue weighted by Gasteiger charge is 2.22. The molecule has 0 fully saturated rings. The Hall–Kier alpha value is -4.34. The lowest BCUT2D eigenvalue weighted by Crippen LogP contribution is -2.41. The van der Waals surface area contributed by atoms with Crippen LogP contribution in [0.5, 0.6) is 0 Å². The number of rotatable bonds is 12. The molecule has 0 amide bonds. The molecular formula is C31H38N8O2. The fourth-order valence-electron chi connectivity index (χ4n) is 5.36. The van der Waals surface area contributed by atoms with Crippen LogP contribution < -0.4 is 11.2 Å². The summed E-state index contributed by atoms with van der Waals surface area (Å²) in [5.74, 6) is 1.56. The van der Waals surface area contributed by atoms with Crippen molar-refractivity contribution >= 4 is 11.2 Å². The molecule has 214 valence electrons. The molecule has 1 N–H and O–H groups in total. The van der Waals surface area contributed by atoms with Gasteiger partial charge in [-0.05, 0) is 40.7 Å². The zero-order valence-corrected chi connectivity index (χ0v) is 24.3. The number of H-pyrrole nitrogens is 1. The Morgan fingerprint density at radius 1 is 0.878 bits per heavy atom. The first kappa shape index (κ1) is 28.2. The van der Waals surface area contributed by atoms with Crippen molar-refractivity contribution in [2.24, 2.45) is 5.92 Å². The molecule has 3 aromatic heterocycles. The van der Waals surface area contributed by atoms with Gasteiger partial charge in [0.25, 0.3) is 5.56 Å². The number of imidazole rings is 1. The van der Waals surface area contributed by atoms with E-state index in [1.807, 2.05) is 49.6 Å². The molecule has 3 heterocycles. The fraction of sp³-hybridized carbons (Fsp3) is 0.419. The molecule has 0 saturated heterocycles. The van der Waals surface area contributed by atoms with Crippen LogP contribution in [0.25, 0.3) is 33.7 Å². The number of benzene rings is 2. The summed E-state index contributed by atoms with van der Waals surface area (Å²) in [6.07, 6.45) is 4.68. The lowest BCUT2D eigenvalue weighted by Gasteiger charge is -2.14. The Morgan fingerprint density at radius 2 is 1.63 bits per heavy atom. The topological polar surface area (TPSA) is 116 Å². The van der Waals surface area contributed by atoms with Gasteiger partial charge in [-0.15, -0.1) is 10.2 Å². The van der Waals surface area contributed by atoms with Crippen LogP contribution in [-0.2, 0) is 26.1 Å². The number of nitrogens with one attached hydrogen (secondary N) is 1. The summed E-state index contributed by atoms with van der Waals surface area (Å²) in [7, 11) is 0. The summed E-state index contributed by atoms with van der Waals surface area (Å²) < 4.78 is 5.13. The number of aromatic nitrogens is 8. The molecule has 0 aliphatic heterocycles. The molecule has 0 bridgehead atoms. The predicted octanol–water partition coefficient (Wildman–Crippen LogP) is 5.05. The number of hydrogen-bond acceptors (Lipinski definition) is 6. The average Bonchev–Trinajstić information content (AvgIpc) is 3.63. The van der Waals surface area contributed by atoms with E-state index >= 15 is 0 Å². The number of fused-ring (bicyclic) bond motifs is 1. The number of hydrogen-bond donors (Lipinski definition) is 1. The van der Waals surface area contributed by atoms with Crippen LogP contribution in [0.4, 0.5) is 0 Å². The average molecular weight is 555 g/mol. The zero-order chi connectivity index (χ0) is 28.9. The SMILES string of the molecule is CCCCCc1nc2c(c(=O)n(CC(C)C)c(=O)n2CCC)n1Cc1ccc(-c2ccccc2-c2nn[nH]n2)cc1. The van der Waals surface area contributed by atoms with Crippen molar-refractivity contribution in [1.82, 2.24) is 39.3 Å². The summed E-state index contributed by atoms with van der Waals surface area (Å²) in [5, 5.41) is 14.5. The number of nitrogens with zero attached hydrogens (tertiary/aromatic N) is 7. The number of unbranched alkanes of at least 4 members (excludes halogenated alkanes) is 2. The minimum atomic E-state index is -0.271. The van der Waals surface area contributed by atoms with Gasteiger partial charge in [0.2, 0.25) is 5.82 Å². The monoisotopic (exact) mass is 554 g/mol. The lowest BCUT2D eigenvalue weighted by molar-refractivity contribution is 0.473. The van der Waals surface area contributed by atoms with Crippen molar-refractivity contribution < 1.29 is 0 Å². The largest absolute Gasteiger partial charge is 0.332 e. The molecule has 5 rings (SSSR count). The van der Waals surface area contributed by atoms with Gasteiger partial charge < -0.3 is 4.57 Å². The van der Waals surface area contributed by atoms with Crippen molar-refractivity contribution in [1.29, 1.82) is 0 Å². The number of aromatic amines is 1. The van der Waals surface area contributed by atoms with E-state index in [-0.39, 0.29) is 17.2 Å². The maximum Gasteiger partial charge on any atom is 0.332 e. The Balaban J connectivity index is 1.59. The minimum Gasteiger partial charge on any atom is -0.318 e. The molecule has 10 heteroatoms. The van der Waals surface area contributed by atoms with E-state index in [1.165, 1.54) is 4.57 Å². The Bertz CT molecular complexity index is 1730. The molecule has 41 heavy (non-hydrogen) atoms. The van der Waals surface area contributed by atoms with Gasteiger partial charge in [0.15, 0.2) is 11.2 Å². The molecule has 10 nitrogen and oxygen atoms in total. The van der Waals surface area contributed by atoms with Crippen LogP contribution in [0, 0.1) is 5.92 Å². The highest BCUT2D eigenvalue weighted by atomic mass is 16.2. The standard InChI is InChI=1S/C31H38N8O2/c1-5-7-8-13-26-32-29-27(30(40)39(19-21(3)4)31(41)37(29)18-6-2)38(26)20-22-14-16-23(17-15-22)24-11-9-10-12-25(24)28-33-35-36-34-28/h9-12,14-17,21H,5-8,13,18-20H2,1-4H3,(H,33,34,35,36). The summed E-state index contributed by atoms with van der Waals surface area (Å²) in [4.78, 5) is 32.2. The summed E-state index contributed by atoms with van der Waals surface area (Å²) in [5.41, 5.74) is 4.46. The fourth-order valence-corrected chi connectivity index (χ4v) is 5.36. The van der Waals surface area contributed by atoms with Crippen LogP contribution in [0.3, 0.4) is 0 Å². The third kappa shape index (κ3) is 5.77. The highest BCUT2D eigenvalue weighted by molar-refractivity contribution is 5.80. The van der Waals surface area contributed by atoms with Crippen LogP contribution in [0.1, 0.15) is 64.8 Å². The van der Waals surface area contributed by atoms with E-state index in [4.69, 9.17) is 4.98 Å². The van der Waals surface area contributed by atoms with Gasteiger partial charge in [0, 0.05) is 31.6 Å². The smallest absolute Gasteiger partial charge is 0.318 e. The summed E-state index contributed by atoms with van der Waals surface area (Å²) >= 11 is 0. The van der Waals surface area contributed by atoms with E-state index < -0.39 is 0 Å². The van der Waals surface area contributed by atoms with E-state index in [0.717, 1.165) is 60.2 Å². The molecule has 0 unspecified atom stereocenters. The van der Waals surface area contributed by atoms with E-state index in [0.29, 0.717) is 36.6 Å². The third-order valence-electron chi connectivity index (χ3n) is 7.31. The second kappa shape index (κ2) is 12.4. The van der Waals surface area contributed by atoms with Crippen LogP contribution >= 0.6 is 0 Å². The first-order valence-corrected chi connectivity index (χ1v) is 14.6. The molecule has 0 spiro atoms. The molecule has 0 atom stereocenters. The predicted molar refractivity (Wildman–Crippen MR) is 161 cm³/mol.